The number of hydrogen-bond acceptors (Lipinski definition) is 5. The van der Waals surface area contributed by atoms with Crippen LogP contribution in [0.15, 0.2) is 35.0 Å². The van der Waals surface area contributed by atoms with Crippen LogP contribution in [0.5, 0.6) is 0 Å². The van der Waals surface area contributed by atoms with Gasteiger partial charge in [0, 0.05) is 5.92 Å². The normalized spacial score (nSPS) is 21.6. The van der Waals surface area contributed by atoms with E-state index in [1.807, 2.05) is 0 Å². The van der Waals surface area contributed by atoms with Gasteiger partial charge in [0.1, 0.15) is 29.7 Å². The number of nitrogens with one attached hydrogen (secondary N) is 2. The summed E-state index contributed by atoms with van der Waals surface area (Å²) in [7, 11) is 0. The highest BCUT2D eigenvalue weighted by Gasteiger charge is 2.27. The van der Waals surface area contributed by atoms with Gasteiger partial charge in [-0.15, -0.1) is 0 Å². The van der Waals surface area contributed by atoms with Crippen LogP contribution in [0.4, 0.5) is 8.78 Å². The topological polar surface area (TPSA) is 59.3 Å². The lowest BCUT2D eigenvalue weighted by molar-refractivity contribution is 0.0468. The summed E-state index contributed by atoms with van der Waals surface area (Å²) in [6.07, 6.45) is 4.25. The molecule has 0 radical (unpaired) electrons. The smallest absolute Gasteiger partial charge is 0.197 e. The van der Waals surface area contributed by atoms with E-state index >= 15 is 0 Å². The number of halogens is 2. The summed E-state index contributed by atoms with van der Waals surface area (Å²) < 4.78 is 33.3. The van der Waals surface area contributed by atoms with Gasteiger partial charge in [0.2, 0.25) is 0 Å². The van der Waals surface area contributed by atoms with E-state index in [9.17, 15) is 8.78 Å². The number of oxazole rings is 1. The monoisotopic (exact) mass is 333 g/mol. The Morgan fingerprint density at radius 3 is 2.62 bits per heavy atom. The fourth-order valence-corrected chi connectivity index (χ4v) is 3.08. The van der Waals surface area contributed by atoms with Crippen LogP contribution in [-0.4, -0.2) is 18.1 Å². The van der Waals surface area contributed by atoms with E-state index in [4.69, 9.17) is 9.25 Å². The lowest BCUT2D eigenvalue weighted by Crippen LogP contribution is -2.26. The Labute approximate surface area is 137 Å². The first kappa shape index (κ1) is 15.3. The Morgan fingerprint density at radius 1 is 1.12 bits per heavy atom. The zero-order valence-electron chi connectivity index (χ0n) is 12.9. The lowest BCUT2D eigenvalue weighted by Gasteiger charge is -2.19. The molecule has 0 spiro atoms. The Hall–Kier alpha value is -2.25. The molecule has 2 N–H and O–H groups in total. The van der Waals surface area contributed by atoms with Gasteiger partial charge in [-0.25, -0.2) is 13.8 Å². The molecule has 2 aliphatic heterocycles. The first-order valence-corrected chi connectivity index (χ1v) is 7.96. The van der Waals surface area contributed by atoms with Gasteiger partial charge in [0.25, 0.3) is 0 Å². The molecule has 126 valence electrons. The molecular formula is C17H17F2N3O2. The molecule has 3 heterocycles. The second-order valence-electron chi connectivity index (χ2n) is 5.95. The number of hydroxylamine groups is 1. The van der Waals surface area contributed by atoms with Gasteiger partial charge in [-0.3, -0.25) is 10.3 Å². The Balaban J connectivity index is 1.56. The molecule has 2 aromatic rings. The molecule has 0 amide bonds. The number of aromatic nitrogens is 1. The van der Waals surface area contributed by atoms with E-state index in [2.05, 4.69) is 15.8 Å². The van der Waals surface area contributed by atoms with Crippen LogP contribution in [-0.2, 0) is 4.84 Å². The van der Waals surface area contributed by atoms with Gasteiger partial charge >= 0.3 is 0 Å². The maximum atomic E-state index is 13.9. The third-order valence-corrected chi connectivity index (χ3v) is 4.38. The van der Waals surface area contributed by atoms with Crippen LogP contribution >= 0.6 is 0 Å². The van der Waals surface area contributed by atoms with Gasteiger partial charge in [0.05, 0.1) is 11.3 Å². The van der Waals surface area contributed by atoms with Crippen LogP contribution in [0.2, 0.25) is 0 Å². The zero-order valence-corrected chi connectivity index (χ0v) is 12.9. The fourth-order valence-electron chi connectivity index (χ4n) is 3.08. The highest BCUT2D eigenvalue weighted by Crippen LogP contribution is 2.32. The first-order chi connectivity index (χ1) is 11.7. The van der Waals surface area contributed by atoms with Crippen molar-refractivity contribution in [3.05, 3.63) is 59.3 Å². The van der Waals surface area contributed by atoms with Crippen molar-refractivity contribution >= 4 is 5.70 Å². The van der Waals surface area contributed by atoms with E-state index in [1.165, 1.54) is 18.2 Å². The lowest BCUT2D eigenvalue weighted by atomic mass is 9.98. The molecule has 5 nitrogen and oxygen atoms in total. The molecule has 0 aliphatic carbocycles. The Morgan fingerprint density at radius 2 is 1.88 bits per heavy atom. The summed E-state index contributed by atoms with van der Waals surface area (Å²) in [5.74, 6) is -0.304. The number of nitrogens with zero attached hydrogens (tertiary/aromatic N) is 1. The molecule has 0 saturated carbocycles. The Kier molecular flexibility index (Phi) is 4.03. The molecule has 4 rings (SSSR count). The third-order valence-electron chi connectivity index (χ3n) is 4.38. The second-order valence-corrected chi connectivity index (χ2v) is 5.95. The number of piperidine rings is 1. The number of hydrogen-bond donors (Lipinski definition) is 2. The SMILES string of the molecule is Fc1cccc(F)c1C1C=C(c2coc(C3CCNCC3)n2)NO1. The summed E-state index contributed by atoms with van der Waals surface area (Å²) in [5, 5.41) is 3.30. The first-order valence-electron chi connectivity index (χ1n) is 7.96. The maximum Gasteiger partial charge on any atom is 0.197 e. The Bertz CT molecular complexity index is 749. The average Bonchev–Trinajstić information content (AvgIpc) is 3.25. The summed E-state index contributed by atoms with van der Waals surface area (Å²) in [5.41, 5.74) is 3.68. The van der Waals surface area contributed by atoms with Gasteiger partial charge in [0.15, 0.2) is 5.89 Å². The molecule has 2 aliphatic rings. The van der Waals surface area contributed by atoms with E-state index in [0.29, 0.717) is 23.2 Å². The second kappa shape index (κ2) is 6.33. The molecule has 1 aromatic carbocycles. The van der Waals surface area contributed by atoms with E-state index in [1.54, 1.807) is 12.3 Å². The molecule has 1 fully saturated rings. The minimum Gasteiger partial charge on any atom is -0.448 e. The van der Waals surface area contributed by atoms with Crippen molar-refractivity contribution in [1.29, 1.82) is 0 Å². The van der Waals surface area contributed by atoms with Gasteiger partial charge in [-0.2, -0.15) is 0 Å². The van der Waals surface area contributed by atoms with Crippen molar-refractivity contribution in [2.45, 2.75) is 24.9 Å². The third kappa shape index (κ3) is 2.81. The molecule has 1 aromatic heterocycles. The molecular weight excluding hydrogens is 316 g/mol. The summed E-state index contributed by atoms with van der Waals surface area (Å²) in [6, 6.07) is 3.74. The highest BCUT2D eigenvalue weighted by molar-refractivity contribution is 5.61. The maximum absolute atomic E-state index is 13.9. The molecule has 1 atom stereocenters. The van der Waals surface area contributed by atoms with Gasteiger partial charge < -0.3 is 9.73 Å². The van der Waals surface area contributed by atoms with Crippen LogP contribution in [0.25, 0.3) is 5.70 Å². The molecule has 7 heteroatoms. The largest absolute Gasteiger partial charge is 0.448 e. The predicted molar refractivity (Wildman–Crippen MR) is 82.6 cm³/mol. The average molecular weight is 333 g/mol. The molecule has 1 unspecified atom stereocenters. The van der Waals surface area contributed by atoms with E-state index in [0.717, 1.165) is 25.9 Å². The zero-order chi connectivity index (χ0) is 16.5. The van der Waals surface area contributed by atoms with Crippen molar-refractivity contribution in [1.82, 2.24) is 15.8 Å². The van der Waals surface area contributed by atoms with E-state index in [-0.39, 0.29) is 5.56 Å². The molecule has 0 bridgehead atoms. The van der Waals surface area contributed by atoms with Crippen molar-refractivity contribution in [2.24, 2.45) is 0 Å². The molecule has 1 saturated heterocycles. The van der Waals surface area contributed by atoms with Crippen LogP contribution < -0.4 is 10.8 Å². The van der Waals surface area contributed by atoms with Crippen molar-refractivity contribution in [3.63, 3.8) is 0 Å². The van der Waals surface area contributed by atoms with E-state index < -0.39 is 17.7 Å². The standard InChI is InChI=1S/C17H17F2N3O2/c18-11-2-1-3-12(19)16(11)15-8-13(22-24-15)14-9-23-17(21-14)10-4-6-20-7-5-10/h1-3,8-10,15,20,22H,4-7H2. The fraction of sp³-hybridized carbons (Fsp3) is 0.353. The van der Waals surface area contributed by atoms with Crippen molar-refractivity contribution in [3.8, 4) is 0 Å². The number of rotatable bonds is 3. The van der Waals surface area contributed by atoms with Gasteiger partial charge in [-0.1, -0.05) is 6.07 Å². The predicted octanol–water partition coefficient (Wildman–Crippen LogP) is 3.04. The van der Waals surface area contributed by atoms with Gasteiger partial charge in [-0.05, 0) is 44.1 Å². The minimum absolute atomic E-state index is 0.123. The summed E-state index contributed by atoms with van der Waals surface area (Å²) in [4.78, 5) is 9.80. The van der Waals surface area contributed by atoms with Crippen LogP contribution in [0.1, 0.15) is 42.0 Å². The number of benzene rings is 1. The quantitative estimate of drug-likeness (QED) is 0.904. The minimum atomic E-state index is -0.847. The van der Waals surface area contributed by atoms with Crippen LogP contribution in [0, 0.1) is 11.6 Å². The van der Waals surface area contributed by atoms with Crippen molar-refractivity contribution in [2.75, 3.05) is 13.1 Å². The summed E-state index contributed by atoms with van der Waals surface area (Å²) >= 11 is 0. The molecule has 24 heavy (non-hydrogen) atoms. The van der Waals surface area contributed by atoms with Crippen molar-refractivity contribution < 1.29 is 18.0 Å². The highest BCUT2D eigenvalue weighted by atomic mass is 19.1. The van der Waals surface area contributed by atoms with Crippen LogP contribution in [0.3, 0.4) is 0 Å². The summed E-state index contributed by atoms with van der Waals surface area (Å²) in [6.45, 7) is 1.89.